The Balaban J connectivity index is 1.74. The van der Waals surface area contributed by atoms with Gasteiger partial charge in [-0.15, -0.1) is 11.3 Å². The fraction of sp³-hybridized carbons (Fsp3) is 0.333. The highest BCUT2D eigenvalue weighted by Gasteiger charge is 2.35. The van der Waals surface area contributed by atoms with E-state index >= 15 is 0 Å². The topological polar surface area (TPSA) is 108 Å². The maximum Gasteiger partial charge on any atom is 0.350 e. The number of amides is 3. The van der Waals surface area contributed by atoms with Crippen molar-refractivity contribution in [1.82, 2.24) is 10.2 Å². The number of ether oxygens (including phenoxy) is 1. The van der Waals surface area contributed by atoms with Gasteiger partial charge in [-0.1, -0.05) is 0 Å². The number of piperazine rings is 1. The molecule has 10 heteroatoms. The van der Waals surface area contributed by atoms with Gasteiger partial charge in [0.2, 0.25) is 11.8 Å². The molecule has 1 aromatic carbocycles. The minimum Gasteiger partial charge on any atom is -0.465 e. The second-order valence-electron chi connectivity index (χ2n) is 7.15. The van der Waals surface area contributed by atoms with Crippen LogP contribution >= 0.6 is 11.3 Å². The molecule has 3 amide bonds. The summed E-state index contributed by atoms with van der Waals surface area (Å²) in [6.07, 6.45) is -0.232. The van der Waals surface area contributed by atoms with E-state index in [4.69, 9.17) is 4.74 Å². The van der Waals surface area contributed by atoms with Gasteiger partial charge in [0, 0.05) is 38.4 Å². The molecule has 1 fully saturated rings. The van der Waals surface area contributed by atoms with Crippen LogP contribution in [0.1, 0.15) is 26.5 Å². The molecule has 0 aliphatic carbocycles. The van der Waals surface area contributed by atoms with E-state index in [1.165, 1.54) is 12.0 Å². The molecule has 2 heterocycles. The number of benzene rings is 1. The molecule has 1 atom stereocenters. The number of nitrogens with zero attached hydrogens (tertiary/aromatic N) is 2. The quantitative estimate of drug-likeness (QED) is 0.655. The molecule has 1 aromatic heterocycles. The van der Waals surface area contributed by atoms with E-state index in [0.717, 1.165) is 17.0 Å². The summed E-state index contributed by atoms with van der Waals surface area (Å²) in [6, 6.07) is 7.69. The molecule has 164 valence electrons. The number of carbonyl (C=O) groups excluding carboxylic acids is 4. The lowest BCUT2D eigenvalue weighted by molar-refractivity contribution is -0.131. The van der Waals surface area contributed by atoms with Gasteiger partial charge in [-0.3, -0.25) is 14.4 Å². The lowest BCUT2D eigenvalue weighted by atomic mass is 10.1. The Morgan fingerprint density at radius 1 is 1.23 bits per heavy atom. The van der Waals surface area contributed by atoms with Crippen LogP contribution in [0.3, 0.4) is 0 Å². The lowest BCUT2D eigenvalue weighted by Gasteiger charge is -2.34. The zero-order valence-corrected chi connectivity index (χ0v) is 18.3. The molecule has 3 rings (SSSR count). The average molecular weight is 445 g/mol. The molecule has 2 N–H and O–H groups in total. The van der Waals surface area contributed by atoms with Crippen molar-refractivity contribution in [3.63, 3.8) is 0 Å². The van der Waals surface area contributed by atoms with Crippen LogP contribution in [0.4, 0.5) is 11.4 Å². The van der Waals surface area contributed by atoms with Gasteiger partial charge in [0.15, 0.2) is 0 Å². The Morgan fingerprint density at radius 3 is 2.58 bits per heavy atom. The molecule has 0 bridgehead atoms. The summed E-state index contributed by atoms with van der Waals surface area (Å²) >= 11 is 1.14. The highest BCUT2D eigenvalue weighted by Crippen LogP contribution is 2.24. The van der Waals surface area contributed by atoms with Crippen LogP contribution in [0.5, 0.6) is 0 Å². The van der Waals surface area contributed by atoms with Crippen LogP contribution in [0.25, 0.3) is 0 Å². The van der Waals surface area contributed by atoms with Crippen molar-refractivity contribution in [3.05, 3.63) is 46.2 Å². The summed E-state index contributed by atoms with van der Waals surface area (Å²) in [4.78, 5) is 53.6. The molecule has 31 heavy (non-hydrogen) atoms. The summed E-state index contributed by atoms with van der Waals surface area (Å²) in [7, 11) is 5.06. The first kappa shape index (κ1) is 22.3. The third kappa shape index (κ3) is 5.02. The fourth-order valence-corrected chi connectivity index (χ4v) is 4.03. The van der Waals surface area contributed by atoms with E-state index in [0.29, 0.717) is 24.3 Å². The summed E-state index contributed by atoms with van der Waals surface area (Å²) in [5.41, 5.74) is 1.70. The predicted octanol–water partition coefficient (Wildman–Crippen LogP) is 1.57. The van der Waals surface area contributed by atoms with Crippen LogP contribution in [0.2, 0.25) is 0 Å². The van der Waals surface area contributed by atoms with E-state index in [1.807, 2.05) is 31.1 Å². The monoisotopic (exact) mass is 444 g/mol. The van der Waals surface area contributed by atoms with Gasteiger partial charge < -0.3 is 25.2 Å². The number of nitrogens with one attached hydrogen (secondary N) is 2. The number of thiophene rings is 1. The van der Waals surface area contributed by atoms with Crippen LogP contribution in [0, 0.1) is 0 Å². The summed E-state index contributed by atoms with van der Waals surface area (Å²) in [6.45, 7) is 0.610. The number of anilines is 2. The second kappa shape index (κ2) is 9.61. The first-order valence-electron chi connectivity index (χ1n) is 9.63. The largest absolute Gasteiger partial charge is 0.465 e. The molecular weight excluding hydrogens is 420 g/mol. The Kier molecular flexibility index (Phi) is 6.91. The van der Waals surface area contributed by atoms with E-state index in [2.05, 4.69) is 10.6 Å². The van der Waals surface area contributed by atoms with Gasteiger partial charge in [0.1, 0.15) is 10.9 Å². The number of esters is 1. The van der Waals surface area contributed by atoms with Crippen molar-refractivity contribution in [3.8, 4) is 0 Å². The molecule has 0 radical (unpaired) electrons. The summed E-state index contributed by atoms with van der Waals surface area (Å²) < 4.78 is 4.70. The molecule has 9 nitrogen and oxygen atoms in total. The molecule has 1 saturated heterocycles. The highest BCUT2D eigenvalue weighted by atomic mass is 32.1. The molecule has 1 aliphatic heterocycles. The van der Waals surface area contributed by atoms with Crippen LogP contribution in [0.15, 0.2) is 35.7 Å². The number of hydrogen-bond acceptors (Lipinski definition) is 7. The number of methoxy groups -OCH3 is 1. The average Bonchev–Trinajstić information content (AvgIpc) is 3.22. The zero-order valence-electron chi connectivity index (χ0n) is 17.5. The van der Waals surface area contributed by atoms with Gasteiger partial charge in [-0.05, 0) is 35.7 Å². The highest BCUT2D eigenvalue weighted by molar-refractivity contribution is 7.12. The summed E-state index contributed by atoms with van der Waals surface area (Å²) in [5.74, 6) is -1.74. The SMILES string of the molecule is COC(=O)c1sccc1NC(=O)C[C@@H]1C(=O)NCCN1C(=O)c1ccc(N(C)C)cc1. The van der Waals surface area contributed by atoms with Crippen LogP contribution < -0.4 is 15.5 Å². The minimum absolute atomic E-state index is 0.232. The predicted molar refractivity (Wildman–Crippen MR) is 118 cm³/mol. The van der Waals surface area contributed by atoms with E-state index in [1.54, 1.807) is 23.6 Å². The third-order valence-electron chi connectivity index (χ3n) is 4.91. The Hall–Kier alpha value is -3.40. The van der Waals surface area contributed by atoms with Crippen LogP contribution in [-0.2, 0) is 14.3 Å². The zero-order chi connectivity index (χ0) is 22.5. The van der Waals surface area contributed by atoms with E-state index in [-0.39, 0.29) is 17.2 Å². The fourth-order valence-electron chi connectivity index (χ4n) is 3.26. The van der Waals surface area contributed by atoms with E-state index in [9.17, 15) is 19.2 Å². The second-order valence-corrected chi connectivity index (χ2v) is 8.07. The Bertz CT molecular complexity index is 986. The van der Waals surface area contributed by atoms with Crippen LogP contribution in [-0.4, -0.2) is 68.9 Å². The van der Waals surface area contributed by atoms with Crippen molar-refractivity contribution in [2.75, 3.05) is 44.5 Å². The lowest BCUT2D eigenvalue weighted by Crippen LogP contribution is -2.58. The Labute approximate surface area is 184 Å². The number of rotatable bonds is 6. The number of hydrogen-bond donors (Lipinski definition) is 2. The maximum absolute atomic E-state index is 13.1. The minimum atomic E-state index is -0.949. The van der Waals surface area contributed by atoms with Gasteiger partial charge >= 0.3 is 5.97 Å². The molecule has 0 spiro atoms. The van der Waals surface area contributed by atoms with Gasteiger partial charge in [0.05, 0.1) is 19.2 Å². The molecule has 0 unspecified atom stereocenters. The van der Waals surface area contributed by atoms with Crippen molar-refractivity contribution < 1.29 is 23.9 Å². The summed E-state index contributed by atoms with van der Waals surface area (Å²) in [5, 5.41) is 7.00. The first-order valence-corrected chi connectivity index (χ1v) is 10.5. The molecule has 0 saturated carbocycles. The van der Waals surface area contributed by atoms with Gasteiger partial charge in [-0.2, -0.15) is 0 Å². The number of carbonyl (C=O) groups is 4. The molecule has 2 aromatic rings. The maximum atomic E-state index is 13.1. The first-order chi connectivity index (χ1) is 14.8. The van der Waals surface area contributed by atoms with Crippen molar-refractivity contribution in [2.24, 2.45) is 0 Å². The third-order valence-corrected chi connectivity index (χ3v) is 5.81. The molecule has 1 aliphatic rings. The smallest absolute Gasteiger partial charge is 0.350 e. The standard InChI is InChI=1S/C21H24N4O5S/c1-24(2)14-6-4-13(5-7-14)20(28)25-10-9-22-19(27)16(25)12-17(26)23-15-8-11-31-18(15)21(29)30-3/h4-8,11,16H,9-10,12H2,1-3H3,(H,22,27)(H,23,26)/t16-/m1/s1. The van der Waals surface area contributed by atoms with E-state index < -0.39 is 23.8 Å². The molecular formula is C21H24N4O5S. The van der Waals surface area contributed by atoms with Crippen molar-refractivity contribution >= 4 is 46.4 Å². The van der Waals surface area contributed by atoms with Crippen molar-refractivity contribution in [1.29, 1.82) is 0 Å². The van der Waals surface area contributed by atoms with Gasteiger partial charge in [0.25, 0.3) is 5.91 Å². The van der Waals surface area contributed by atoms with Crippen molar-refractivity contribution in [2.45, 2.75) is 12.5 Å². The Morgan fingerprint density at radius 2 is 1.94 bits per heavy atom. The normalized spacial score (nSPS) is 15.8. The van der Waals surface area contributed by atoms with Gasteiger partial charge in [-0.25, -0.2) is 4.79 Å².